The van der Waals surface area contributed by atoms with Crippen molar-refractivity contribution in [3.63, 3.8) is 0 Å². The summed E-state index contributed by atoms with van der Waals surface area (Å²) >= 11 is 0. The lowest BCUT2D eigenvalue weighted by Gasteiger charge is -2.27. The Kier molecular flexibility index (Phi) is 7.73. The smallest absolute Gasteiger partial charge is 0.222 e. The maximum absolute atomic E-state index is 12.0. The van der Waals surface area contributed by atoms with Crippen LogP contribution in [-0.4, -0.2) is 50.2 Å². The van der Waals surface area contributed by atoms with Crippen LogP contribution in [0.3, 0.4) is 0 Å². The molecule has 112 valence electrons. The van der Waals surface area contributed by atoms with Crippen molar-refractivity contribution < 1.29 is 9.53 Å². The maximum Gasteiger partial charge on any atom is 0.222 e. The largest absolute Gasteiger partial charge is 0.376 e. The van der Waals surface area contributed by atoms with Crippen molar-refractivity contribution in [1.29, 1.82) is 0 Å². The summed E-state index contributed by atoms with van der Waals surface area (Å²) in [6, 6.07) is 0. The van der Waals surface area contributed by atoms with Crippen LogP contribution in [0.15, 0.2) is 0 Å². The van der Waals surface area contributed by atoms with Gasteiger partial charge in [0.05, 0.1) is 6.10 Å². The second-order valence-corrected chi connectivity index (χ2v) is 5.66. The first-order valence-electron chi connectivity index (χ1n) is 7.32. The van der Waals surface area contributed by atoms with E-state index in [0.29, 0.717) is 12.3 Å². The molecule has 0 bridgehead atoms. The fourth-order valence-electron chi connectivity index (χ4n) is 2.84. The second kappa shape index (κ2) is 8.77. The summed E-state index contributed by atoms with van der Waals surface area (Å²) in [7, 11) is 1.91. The SMILES string of the molecule is CN(CC1CCCCO1)C(=O)CCC1CCNC1.Cl. The van der Waals surface area contributed by atoms with Crippen molar-refractivity contribution >= 4 is 18.3 Å². The molecular weight excluding hydrogens is 264 g/mol. The lowest BCUT2D eigenvalue weighted by molar-refractivity contribution is -0.132. The lowest BCUT2D eigenvalue weighted by Crippen LogP contribution is -2.37. The van der Waals surface area contributed by atoms with Crippen LogP contribution in [0.1, 0.15) is 38.5 Å². The van der Waals surface area contributed by atoms with Crippen molar-refractivity contribution in [3.8, 4) is 0 Å². The molecule has 2 unspecified atom stereocenters. The highest BCUT2D eigenvalue weighted by atomic mass is 35.5. The molecule has 2 saturated heterocycles. The van der Waals surface area contributed by atoms with Crippen LogP contribution in [0.5, 0.6) is 0 Å². The summed E-state index contributed by atoms with van der Waals surface area (Å²) in [4.78, 5) is 13.9. The van der Waals surface area contributed by atoms with E-state index in [2.05, 4.69) is 5.32 Å². The maximum atomic E-state index is 12.0. The molecule has 0 radical (unpaired) electrons. The minimum Gasteiger partial charge on any atom is -0.376 e. The van der Waals surface area contributed by atoms with Gasteiger partial charge in [-0.15, -0.1) is 12.4 Å². The van der Waals surface area contributed by atoms with Gasteiger partial charge < -0.3 is 15.0 Å². The van der Waals surface area contributed by atoms with Crippen molar-refractivity contribution in [2.45, 2.75) is 44.6 Å². The van der Waals surface area contributed by atoms with Gasteiger partial charge in [0.25, 0.3) is 0 Å². The predicted molar refractivity (Wildman–Crippen MR) is 78.7 cm³/mol. The van der Waals surface area contributed by atoms with E-state index in [1.807, 2.05) is 11.9 Å². The first-order valence-corrected chi connectivity index (χ1v) is 7.32. The standard InChI is InChI=1S/C14H26N2O2.ClH/c1-16(11-13-4-2-3-9-18-13)14(17)6-5-12-7-8-15-10-12;/h12-13,15H,2-11H2,1H3;1H. The molecule has 2 fully saturated rings. The highest BCUT2D eigenvalue weighted by Crippen LogP contribution is 2.16. The van der Waals surface area contributed by atoms with Gasteiger partial charge in [0.15, 0.2) is 0 Å². The van der Waals surface area contributed by atoms with Crippen molar-refractivity contribution in [2.24, 2.45) is 5.92 Å². The van der Waals surface area contributed by atoms with Gasteiger partial charge >= 0.3 is 0 Å². The highest BCUT2D eigenvalue weighted by molar-refractivity contribution is 5.85. The van der Waals surface area contributed by atoms with Gasteiger partial charge in [0.1, 0.15) is 0 Å². The zero-order chi connectivity index (χ0) is 12.8. The third kappa shape index (κ3) is 5.67. The normalized spacial score (nSPS) is 26.8. The van der Waals surface area contributed by atoms with E-state index in [9.17, 15) is 4.79 Å². The Hall–Kier alpha value is -0.320. The number of hydrogen-bond donors (Lipinski definition) is 1. The van der Waals surface area contributed by atoms with Gasteiger partial charge in [-0.1, -0.05) is 0 Å². The summed E-state index contributed by atoms with van der Waals surface area (Å²) in [6.45, 7) is 3.83. The topological polar surface area (TPSA) is 41.6 Å². The van der Waals surface area contributed by atoms with Gasteiger partial charge in [-0.05, 0) is 51.1 Å². The van der Waals surface area contributed by atoms with Gasteiger partial charge in [-0.25, -0.2) is 0 Å². The molecule has 4 nitrogen and oxygen atoms in total. The summed E-state index contributed by atoms with van der Waals surface area (Å²) in [5, 5.41) is 3.35. The summed E-state index contributed by atoms with van der Waals surface area (Å²) in [5.74, 6) is 0.976. The molecular formula is C14H27ClN2O2. The van der Waals surface area contributed by atoms with E-state index in [1.54, 1.807) is 0 Å². The van der Waals surface area contributed by atoms with Gasteiger partial charge in [0, 0.05) is 26.6 Å². The molecule has 0 aromatic rings. The van der Waals surface area contributed by atoms with Crippen LogP contribution in [0.25, 0.3) is 0 Å². The van der Waals surface area contributed by atoms with E-state index in [4.69, 9.17) is 4.74 Å². The molecule has 2 aliphatic rings. The van der Waals surface area contributed by atoms with Crippen LogP contribution in [-0.2, 0) is 9.53 Å². The second-order valence-electron chi connectivity index (χ2n) is 5.66. The molecule has 0 aliphatic carbocycles. The van der Waals surface area contributed by atoms with E-state index in [1.165, 1.54) is 19.3 Å². The molecule has 0 saturated carbocycles. The minimum absolute atomic E-state index is 0. The molecule has 5 heteroatoms. The molecule has 2 rings (SSSR count). The Morgan fingerprint density at radius 3 is 2.84 bits per heavy atom. The Morgan fingerprint density at radius 2 is 2.21 bits per heavy atom. The number of halogens is 1. The molecule has 0 aromatic carbocycles. The summed E-state index contributed by atoms with van der Waals surface area (Å²) < 4.78 is 5.67. The first-order chi connectivity index (χ1) is 8.75. The Morgan fingerprint density at radius 1 is 1.37 bits per heavy atom. The van der Waals surface area contributed by atoms with E-state index in [-0.39, 0.29) is 24.4 Å². The molecule has 2 atom stereocenters. The number of nitrogens with one attached hydrogen (secondary N) is 1. The predicted octanol–water partition coefficient (Wildman–Crippen LogP) is 1.83. The monoisotopic (exact) mass is 290 g/mol. The van der Waals surface area contributed by atoms with Crippen LogP contribution in [0.4, 0.5) is 0 Å². The Balaban J connectivity index is 0.00000180. The quantitative estimate of drug-likeness (QED) is 0.840. The number of carbonyl (C=O) groups excluding carboxylic acids is 1. The highest BCUT2D eigenvalue weighted by Gasteiger charge is 2.20. The average molecular weight is 291 g/mol. The number of amides is 1. The van der Waals surface area contributed by atoms with E-state index < -0.39 is 0 Å². The van der Waals surface area contributed by atoms with Crippen LogP contribution in [0.2, 0.25) is 0 Å². The van der Waals surface area contributed by atoms with Crippen molar-refractivity contribution in [1.82, 2.24) is 10.2 Å². The van der Waals surface area contributed by atoms with E-state index >= 15 is 0 Å². The molecule has 0 aromatic heterocycles. The van der Waals surface area contributed by atoms with Gasteiger partial charge in [0.2, 0.25) is 5.91 Å². The fourth-order valence-corrected chi connectivity index (χ4v) is 2.84. The molecule has 1 N–H and O–H groups in total. The van der Waals surface area contributed by atoms with Crippen molar-refractivity contribution in [2.75, 3.05) is 33.3 Å². The number of nitrogens with zero attached hydrogens (tertiary/aromatic N) is 1. The molecule has 1 amide bonds. The Bertz CT molecular complexity index is 264. The van der Waals surface area contributed by atoms with Crippen LogP contribution >= 0.6 is 12.4 Å². The Labute approximate surface area is 122 Å². The molecule has 19 heavy (non-hydrogen) atoms. The lowest BCUT2D eigenvalue weighted by atomic mass is 10.0. The average Bonchev–Trinajstić information content (AvgIpc) is 2.90. The zero-order valence-electron chi connectivity index (χ0n) is 11.9. The minimum atomic E-state index is 0. The third-order valence-electron chi connectivity index (χ3n) is 4.11. The number of rotatable bonds is 5. The fraction of sp³-hybridized carbons (Fsp3) is 0.929. The molecule has 2 heterocycles. The van der Waals surface area contributed by atoms with Crippen LogP contribution in [0, 0.1) is 5.92 Å². The van der Waals surface area contributed by atoms with Gasteiger partial charge in [-0.3, -0.25) is 4.79 Å². The van der Waals surface area contributed by atoms with Crippen molar-refractivity contribution in [3.05, 3.63) is 0 Å². The zero-order valence-corrected chi connectivity index (χ0v) is 12.7. The molecule has 0 spiro atoms. The van der Waals surface area contributed by atoms with E-state index in [0.717, 1.165) is 39.1 Å². The first kappa shape index (κ1) is 16.7. The van der Waals surface area contributed by atoms with Crippen LogP contribution < -0.4 is 5.32 Å². The van der Waals surface area contributed by atoms with Gasteiger partial charge in [-0.2, -0.15) is 0 Å². The number of carbonyl (C=O) groups is 1. The molecule has 2 aliphatic heterocycles. The third-order valence-corrected chi connectivity index (χ3v) is 4.11. The summed E-state index contributed by atoms with van der Waals surface area (Å²) in [6.07, 6.45) is 6.72. The number of hydrogen-bond acceptors (Lipinski definition) is 3. The summed E-state index contributed by atoms with van der Waals surface area (Å²) in [5.41, 5.74) is 0. The number of likely N-dealkylation sites (N-methyl/N-ethyl adjacent to an activating group) is 1. The number of ether oxygens (including phenoxy) is 1.